The molecule has 0 amide bonds. The lowest BCUT2D eigenvalue weighted by Crippen LogP contribution is -2.26. The van der Waals surface area contributed by atoms with Gasteiger partial charge in [0.1, 0.15) is 0 Å². The van der Waals surface area contributed by atoms with Crippen molar-refractivity contribution >= 4 is 0 Å². The van der Waals surface area contributed by atoms with Crippen LogP contribution in [0.2, 0.25) is 0 Å². The van der Waals surface area contributed by atoms with Crippen LogP contribution in [0.3, 0.4) is 0 Å². The van der Waals surface area contributed by atoms with Gasteiger partial charge in [-0.2, -0.15) is 0 Å². The van der Waals surface area contributed by atoms with Crippen molar-refractivity contribution in [3.63, 3.8) is 0 Å². The Hall–Kier alpha value is -1.33. The number of rotatable bonds is 5. The zero-order chi connectivity index (χ0) is 13.0. The number of aromatic nitrogens is 1. The van der Waals surface area contributed by atoms with E-state index in [-0.39, 0.29) is 37.8 Å². The smallest absolute Gasteiger partial charge is 0.256 e. The monoisotopic (exact) mass is 241 g/mol. The van der Waals surface area contributed by atoms with Gasteiger partial charge in [0.2, 0.25) is 0 Å². The molecule has 1 aromatic heterocycles. The van der Waals surface area contributed by atoms with Crippen LogP contribution in [0.4, 0.5) is 0 Å². The van der Waals surface area contributed by atoms with Gasteiger partial charge < -0.3 is 14.9 Å². The van der Waals surface area contributed by atoms with E-state index in [0.29, 0.717) is 11.1 Å². The molecule has 0 aromatic carbocycles. The highest BCUT2D eigenvalue weighted by molar-refractivity contribution is 5.37. The third kappa shape index (κ3) is 2.87. The Morgan fingerprint density at radius 1 is 1.12 bits per heavy atom. The molecule has 0 bridgehead atoms. The van der Waals surface area contributed by atoms with E-state index in [1.54, 1.807) is 13.8 Å². The average molecular weight is 241 g/mol. The van der Waals surface area contributed by atoms with Gasteiger partial charge in [-0.1, -0.05) is 0 Å². The second-order valence-corrected chi connectivity index (χ2v) is 3.99. The summed E-state index contributed by atoms with van der Waals surface area (Å²) in [5.41, 5.74) is 1.98. The zero-order valence-electron chi connectivity index (χ0n) is 10.5. The molecular weight excluding hydrogens is 222 g/mol. The predicted octanol–water partition coefficient (Wildman–Crippen LogP) is 0.488. The summed E-state index contributed by atoms with van der Waals surface area (Å²) in [6.45, 7) is 6.10. The minimum atomic E-state index is -0.196. The summed E-state index contributed by atoms with van der Waals surface area (Å²) in [4.78, 5) is 11.9. The first-order valence-corrected chi connectivity index (χ1v) is 5.58. The van der Waals surface area contributed by atoms with Crippen LogP contribution in [0.15, 0.2) is 4.79 Å². The number of ether oxygens (including phenoxy) is 1. The van der Waals surface area contributed by atoms with E-state index in [1.165, 1.54) is 4.57 Å². The van der Waals surface area contributed by atoms with Crippen molar-refractivity contribution in [2.24, 2.45) is 0 Å². The maximum absolute atomic E-state index is 11.9. The van der Waals surface area contributed by atoms with Crippen molar-refractivity contribution in [2.75, 3.05) is 19.8 Å². The highest BCUT2D eigenvalue weighted by Crippen LogP contribution is 2.19. The Morgan fingerprint density at radius 2 is 1.76 bits per heavy atom. The lowest BCUT2D eigenvalue weighted by Gasteiger charge is -2.14. The third-order valence-electron chi connectivity index (χ3n) is 2.98. The summed E-state index contributed by atoms with van der Waals surface area (Å²) in [6.07, 6.45) is 0. The molecule has 0 aliphatic heterocycles. The summed E-state index contributed by atoms with van der Waals surface area (Å²) < 4.78 is 6.39. The third-order valence-corrected chi connectivity index (χ3v) is 2.98. The summed E-state index contributed by atoms with van der Waals surface area (Å²) in [7, 11) is 0. The largest absolute Gasteiger partial charge is 0.494 e. The first kappa shape index (κ1) is 13.7. The van der Waals surface area contributed by atoms with E-state index >= 15 is 0 Å². The van der Waals surface area contributed by atoms with Gasteiger partial charge in [-0.15, -0.1) is 0 Å². The Balaban J connectivity index is 2.96. The lowest BCUT2D eigenvalue weighted by molar-refractivity contribution is 0.0853. The van der Waals surface area contributed by atoms with Gasteiger partial charge in [0.15, 0.2) is 5.88 Å². The van der Waals surface area contributed by atoms with Crippen LogP contribution in [0.5, 0.6) is 5.88 Å². The predicted molar refractivity (Wildman–Crippen MR) is 64.5 cm³/mol. The van der Waals surface area contributed by atoms with Crippen LogP contribution in [-0.4, -0.2) is 34.6 Å². The fourth-order valence-electron chi connectivity index (χ4n) is 1.64. The van der Waals surface area contributed by atoms with Crippen molar-refractivity contribution in [3.05, 3.63) is 27.0 Å². The van der Waals surface area contributed by atoms with E-state index in [1.807, 2.05) is 6.92 Å². The van der Waals surface area contributed by atoms with E-state index in [0.717, 1.165) is 5.56 Å². The molecule has 0 spiro atoms. The highest BCUT2D eigenvalue weighted by atomic mass is 16.5. The fraction of sp³-hybridized carbons (Fsp3) is 0.583. The Bertz CT molecular complexity index is 451. The normalized spacial score (nSPS) is 10.8. The molecule has 2 N–H and O–H groups in total. The van der Waals surface area contributed by atoms with Gasteiger partial charge in [-0.3, -0.25) is 9.36 Å². The Labute approximate surface area is 100 Å². The standard InChI is InChI=1S/C12H19NO4/c1-8-9(2)11(15)13(12(16)10(8)3)4-6-17-7-5-14/h14-15H,4-7H2,1-3H3. The molecule has 0 atom stereocenters. The number of pyridine rings is 1. The van der Waals surface area contributed by atoms with Crippen LogP contribution >= 0.6 is 0 Å². The number of aliphatic hydroxyl groups excluding tert-OH is 1. The van der Waals surface area contributed by atoms with Gasteiger partial charge in [-0.25, -0.2) is 0 Å². The van der Waals surface area contributed by atoms with Crippen LogP contribution in [-0.2, 0) is 11.3 Å². The molecule has 0 radical (unpaired) electrons. The van der Waals surface area contributed by atoms with E-state index < -0.39 is 0 Å². The first-order valence-electron chi connectivity index (χ1n) is 5.58. The van der Waals surface area contributed by atoms with Crippen molar-refractivity contribution in [1.82, 2.24) is 4.57 Å². The van der Waals surface area contributed by atoms with Crippen molar-refractivity contribution < 1.29 is 14.9 Å². The topological polar surface area (TPSA) is 71.7 Å². The summed E-state index contributed by atoms with van der Waals surface area (Å²) in [5, 5.41) is 18.5. The molecule has 17 heavy (non-hydrogen) atoms. The van der Waals surface area contributed by atoms with Crippen LogP contribution in [0, 0.1) is 20.8 Å². The molecule has 96 valence electrons. The second kappa shape index (κ2) is 5.84. The number of hydrogen-bond acceptors (Lipinski definition) is 4. The number of hydrogen-bond donors (Lipinski definition) is 2. The van der Waals surface area contributed by atoms with Crippen LogP contribution < -0.4 is 5.56 Å². The zero-order valence-corrected chi connectivity index (χ0v) is 10.5. The number of nitrogens with zero attached hydrogens (tertiary/aromatic N) is 1. The molecule has 0 aliphatic carbocycles. The van der Waals surface area contributed by atoms with Crippen LogP contribution in [0.1, 0.15) is 16.7 Å². The SMILES string of the molecule is Cc1c(C)c(O)n(CCOCCO)c(=O)c1C. The maximum Gasteiger partial charge on any atom is 0.256 e. The molecule has 0 saturated carbocycles. The Kier molecular flexibility index (Phi) is 4.72. The molecule has 5 nitrogen and oxygen atoms in total. The average Bonchev–Trinajstić information content (AvgIpc) is 2.33. The molecule has 1 aromatic rings. The van der Waals surface area contributed by atoms with Crippen LogP contribution in [0.25, 0.3) is 0 Å². The summed E-state index contributed by atoms with van der Waals surface area (Å²) in [6, 6.07) is 0. The minimum Gasteiger partial charge on any atom is -0.494 e. The fourth-order valence-corrected chi connectivity index (χ4v) is 1.64. The van der Waals surface area contributed by atoms with Gasteiger partial charge in [-0.05, 0) is 26.3 Å². The summed E-state index contributed by atoms with van der Waals surface area (Å²) >= 11 is 0. The highest BCUT2D eigenvalue weighted by Gasteiger charge is 2.12. The minimum absolute atomic E-state index is 0.00861. The van der Waals surface area contributed by atoms with E-state index in [4.69, 9.17) is 9.84 Å². The molecule has 0 saturated heterocycles. The second-order valence-electron chi connectivity index (χ2n) is 3.99. The molecular formula is C12H19NO4. The van der Waals surface area contributed by atoms with Gasteiger partial charge in [0.05, 0.1) is 26.4 Å². The Morgan fingerprint density at radius 3 is 2.35 bits per heavy atom. The van der Waals surface area contributed by atoms with Crippen molar-refractivity contribution in [2.45, 2.75) is 27.3 Å². The maximum atomic E-state index is 11.9. The number of aromatic hydroxyl groups is 1. The molecule has 0 fully saturated rings. The molecule has 0 unspecified atom stereocenters. The molecule has 5 heteroatoms. The number of aliphatic hydroxyl groups is 1. The van der Waals surface area contributed by atoms with Gasteiger partial charge >= 0.3 is 0 Å². The van der Waals surface area contributed by atoms with Crippen molar-refractivity contribution in [3.8, 4) is 5.88 Å². The quantitative estimate of drug-likeness (QED) is 0.736. The summed E-state index contributed by atoms with van der Waals surface area (Å²) in [5.74, 6) is -0.00861. The molecule has 1 rings (SSSR count). The van der Waals surface area contributed by atoms with E-state index in [9.17, 15) is 9.90 Å². The van der Waals surface area contributed by atoms with Gasteiger partial charge in [0, 0.05) is 11.1 Å². The first-order chi connectivity index (χ1) is 8.00. The molecule has 0 aliphatic rings. The van der Waals surface area contributed by atoms with Crippen molar-refractivity contribution in [1.29, 1.82) is 0 Å². The molecule has 1 heterocycles. The van der Waals surface area contributed by atoms with Gasteiger partial charge in [0.25, 0.3) is 5.56 Å². The lowest BCUT2D eigenvalue weighted by atomic mass is 10.1. The van der Waals surface area contributed by atoms with E-state index in [2.05, 4.69) is 0 Å².